The highest BCUT2D eigenvalue weighted by molar-refractivity contribution is 6.00. The molecule has 0 saturated heterocycles. The quantitative estimate of drug-likeness (QED) is 0.757. The molecule has 0 fully saturated rings. The molecular weight excluding hydrogens is 314 g/mol. The molecule has 0 amide bonds. The zero-order valence-electron chi connectivity index (χ0n) is 13.3. The van der Waals surface area contributed by atoms with Gasteiger partial charge in [-0.05, 0) is 26.0 Å². The van der Waals surface area contributed by atoms with Gasteiger partial charge >= 0.3 is 0 Å². The molecule has 1 aliphatic heterocycles. The molecule has 0 radical (unpaired) electrons. The van der Waals surface area contributed by atoms with Crippen molar-refractivity contribution in [2.75, 3.05) is 13.4 Å². The van der Waals surface area contributed by atoms with Crippen LogP contribution in [0.2, 0.25) is 0 Å². The maximum atomic E-state index is 10.0. The molecule has 0 aliphatic carbocycles. The molecule has 4 rings (SSSR count). The summed E-state index contributed by atoms with van der Waals surface area (Å²) in [5.41, 5.74) is -0.208. The number of aliphatic hydroxyl groups is 2. The lowest BCUT2D eigenvalue weighted by Crippen LogP contribution is -2.40. The van der Waals surface area contributed by atoms with Crippen LogP contribution >= 0.6 is 0 Å². The van der Waals surface area contributed by atoms with E-state index in [1.165, 1.54) is 20.1 Å². The zero-order valence-corrected chi connectivity index (χ0v) is 13.3. The largest absolute Gasteiger partial charge is 0.489 e. The van der Waals surface area contributed by atoms with Crippen molar-refractivity contribution in [1.29, 1.82) is 0 Å². The first kappa shape index (κ1) is 15.0. The van der Waals surface area contributed by atoms with E-state index in [0.29, 0.717) is 33.9 Å². The smallest absolute Gasteiger partial charge is 0.231 e. The van der Waals surface area contributed by atoms with Crippen molar-refractivity contribution < 1.29 is 28.8 Å². The second-order valence-corrected chi connectivity index (χ2v) is 6.28. The van der Waals surface area contributed by atoms with Gasteiger partial charge < -0.3 is 28.8 Å². The zero-order chi connectivity index (χ0) is 16.9. The Kier molecular flexibility index (Phi) is 3.29. The van der Waals surface area contributed by atoms with E-state index < -0.39 is 11.7 Å². The Morgan fingerprint density at radius 2 is 2.00 bits per heavy atom. The molecule has 7 nitrogen and oxygen atoms in total. The van der Waals surface area contributed by atoms with Crippen molar-refractivity contribution in [3.8, 4) is 17.2 Å². The van der Waals surface area contributed by atoms with Crippen LogP contribution in [0.25, 0.3) is 22.0 Å². The Bertz CT molecular complexity index is 911. The molecule has 0 unspecified atom stereocenters. The van der Waals surface area contributed by atoms with Crippen molar-refractivity contribution in [3.05, 3.63) is 24.5 Å². The molecule has 3 heterocycles. The van der Waals surface area contributed by atoms with Crippen LogP contribution in [-0.2, 0) is 0 Å². The Morgan fingerprint density at radius 1 is 1.25 bits per heavy atom. The molecule has 126 valence electrons. The summed E-state index contributed by atoms with van der Waals surface area (Å²) in [6, 6.07) is 5.31. The minimum atomic E-state index is -1.27. The number of nitrogens with zero attached hydrogens (tertiary/aromatic N) is 1. The number of hydrogen-bond donors (Lipinski definition) is 2. The summed E-state index contributed by atoms with van der Waals surface area (Å²) in [6.07, 6.45) is 0.480. The van der Waals surface area contributed by atoms with Gasteiger partial charge in [0.2, 0.25) is 12.5 Å². The van der Waals surface area contributed by atoms with Gasteiger partial charge in [-0.1, -0.05) is 0 Å². The summed E-state index contributed by atoms with van der Waals surface area (Å²) >= 11 is 0. The third-order valence-corrected chi connectivity index (χ3v) is 4.05. The minimum Gasteiger partial charge on any atom is -0.489 e. The van der Waals surface area contributed by atoms with Crippen molar-refractivity contribution in [2.24, 2.45) is 0 Å². The molecule has 0 bridgehead atoms. The summed E-state index contributed by atoms with van der Waals surface area (Å²) in [7, 11) is 0. The van der Waals surface area contributed by atoms with Gasteiger partial charge in [0.05, 0.1) is 22.8 Å². The fourth-order valence-corrected chi connectivity index (χ4v) is 2.54. The molecule has 24 heavy (non-hydrogen) atoms. The normalized spacial score (nSPS) is 15.2. The number of hydrogen-bond acceptors (Lipinski definition) is 7. The Hall–Kier alpha value is -2.51. The van der Waals surface area contributed by atoms with Gasteiger partial charge in [0.25, 0.3) is 0 Å². The Balaban J connectivity index is 1.82. The molecule has 2 N–H and O–H groups in total. The number of ether oxygens (including phenoxy) is 3. The second-order valence-electron chi connectivity index (χ2n) is 6.28. The van der Waals surface area contributed by atoms with Gasteiger partial charge in [0.1, 0.15) is 18.5 Å². The predicted molar refractivity (Wildman–Crippen MR) is 85.4 cm³/mol. The number of rotatable bonds is 4. The van der Waals surface area contributed by atoms with Gasteiger partial charge in [0.15, 0.2) is 11.5 Å². The first-order chi connectivity index (χ1) is 11.4. The average molecular weight is 331 g/mol. The van der Waals surface area contributed by atoms with Gasteiger partial charge in [-0.15, -0.1) is 0 Å². The fourth-order valence-electron chi connectivity index (χ4n) is 2.54. The lowest BCUT2D eigenvalue weighted by atomic mass is 10.0. The molecular formula is C17H17NO6. The highest BCUT2D eigenvalue weighted by Crippen LogP contribution is 2.41. The highest BCUT2D eigenvalue weighted by Gasteiger charge is 2.26. The van der Waals surface area contributed by atoms with E-state index in [4.69, 9.17) is 18.6 Å². The third kappa shape index (κ3) is 2.42. The SMILES string of the molecule is CC(C)(O)[C@H](O)COc1c2cc3c(cc2nc2occc12)OCO3. The van der Waals surface area contributed by atoms with Gasteiger partial charge in [-0.3, -0.25) is 0 Å². The van der Waals surface area contributed by atoms with Crippen LogP contribution in [0.1, 0.15) is 13.8 Å². The summed E-state index contributed by atoms with van der Waals surface area (Å²) in [5.74, 6) is 1.74. The first-order valence-electron chi connectivity index (χ1n) is 7.57. The Morgan fingerprint density at radius 3 is 2.75 bits per heavy atom. The Labute approximate surface area is 137 Å². The van der Waals surface area contributed by atoms with Crippen LogP contribution in [0.15, 0.2) is 28.9 Å². The molecule has 2 aromatic heterocycles. The number of aliphatic hydroxyl groups excluding tert-OH is 1. The summed E-state index contributed by atoms with van der Waals surface area (Å²) < 4.78 is 22.0. The third-order valence-electron chi connectivity index (χ3n) is 4.05. The van der Waals surface area contributed by atoms with Crippen LogP contribution in [0.4, 0.5) is 0 Å². The van der Waals surface area contributed by atoms with Crippen LogP contribution in [0.5, 0.6) is 17.2 Å². The van der Waals surface area contributed by atoms with E-state index in [2.05, 4.69) is 4.98 Å². The van der Waals surface area contributed by atoms with E-state index in [9.17, 15) is 10.2 Å². The van der Waals surface area contributed by atoms with Crippen LogP contribution < -0.4 is 14.2 Å². The molecule has 1 atom stereocenters. The number of aromatic nitrogens is 1. The van der Waals surface area contributed by atoms with E-state index in [1.54, 1.807) is 18.2 Å². The lowest BCUT2D eigenvalue weighted by molar-refractivity contribution is -0.0658. The number of benzene rings is 1. The summed E-state index contributed by atoms with van der Waals surface area (Å²) in [5, 5.41) is 21.3. The molecule has 3 aromatic rings. The number of fused-ring (bicyclic) bond motifs is 3. The molecule has 1 aliphatic rings. The highest BCUT2D eigenvalue weighted by atomic mass is 16.7. The summed E-state index contributed by atoms with van der Waals surface area (Å²) in [6.45, 7) is 3.14. The van der Waals surface area contributed by atoms with Gasteiger partial charge in [0, 0.05) is 11.5 Å². The first-order valence-corrected chi connectivity index (χ1v) is 7.57. The standard InChI is InChI=1S/C17H17NO6/c1-17(2,20)14(19)7-22-15-9-3-4-21-16(9)18-11-6-13-12(5-10(11)15)23-8-24-13/h3-6,14,19-20H,7-8H2,1-2H3/t14-/m1/s1. The van der Waals surface area contributed by atoms with E-state index in [-0.39, 0.29) is 13.4 Å². The van der Waals surface area contributed by atoms with Crippen LogP contribution in [0, 0.1) is 0 Å². The van der Waals surface area contributed by atoms with Crippen molar-refractivity contribution >= 4 is 22.0 Å². The topological polar surface area (TPSA) is 94.2 Å². The second kappa shape index (κ2) is 5.25. The van der Waals surface area contributed by atoms with Crippen molar-refractivity contribution in [1.82, 2.24) is 4.98 Å². The van der Waals surface area contributed by atoms with E-state index in [0.717, 1.165) is 5.39 Å². The molecule has 1 aromatic carbocycles. The molecule has 0 spiro atoms. The number of pyridine rings is 1. The van der Waals surface area contributed by atoms with E-state index in [1.807, 2.05) is 0 Å². The number of furan rings is 1. The average Bonchev–Trinajstić information content (AvgIpc) is 3.16. The van der Waals surface area contributed by atoms with Gasteiger partial charge in [-0.25, -0.2) is 4.98 Å². The van der Waals surface area contributed by atoms with Crippen molar-refractivity contribution in [2.45, 2.75) is 25.6 Å². The van der Waals surface area contributed by atoms with Crippen LogP contribution in [0.3, 0.4) is 0 Å². The van der Waals surface area contributed by atoms with Crippen LogP contribution in [-0.4, -0.2) is 40.3 Å². The maximum absolute atomic E-state index is 10.0. The van der Waals surface area contributed by atoms with Crippen molar-refractivity contribution in [3.63, 3.8) is 0 Å². The minimum absolute atomic E-state index is 0.0721. The maximum Gasteiger partial charge on any atom is 0.231 e. The van der Waals surface area contributed by atoms with Gasteiger partial charge in [-0.2, -0.15) is 0 Å². The predicted octanol–water partition coefficient (Wildman–Crippen LogP) is 2.22. The fraction of sp³-hybridized carbons (Fsp3) is 0.353. The molecule has 0 saturated carbocycles. The monoisotopic (exact) mass is 331 g/mol. The lowest BCUT2D eigenvalue weighted by Gasteiger charge is -2.24. The van der Waals surface area contributed by atoms with E-state index >= 15 is 0 Å². The summed E-state index contributed by atoms with van der Waals surface area (Å²) in [4.78, 5) is 4.46. The molecule has 7 heteroatoms.